The van der Waals surface area contributed by atoms with Gasteiger partial charge in [-0.3, -0.25) is 5.01 Å². The Morgan fingerprint density at radius 1 is 1.25 bits per heavy atom. The minimum atomic E-state index is -0.462. The van der Waals surface area contributed by atoms with Crippen LogP contribution in [-0.2, 0) is 4.84 Å². The van der Waals surface area contributed by atoms with Crippen LogP contribution in [0.5, 0.6) is 0 Å². The highest BCUT2D eigenvalue weighted by molar-refractivity contribution is 5.89. The first-order valence-electron chi connectivity index (χ1n) is 4.71. The highest BCUT2D eigenvalue weighted by Gasteiger charge is 2.21. The molecule has 0 fully saturated rings. The standard InChI is InChI=1S/C10H12N4O2/c1-12-7-8-13(14(12)11)16-10(15)9-5-3-2-4-6-9/h2-8H,11H2,1H3. The molecule has 84 valence electrons. The van der Waals surface area contributed by atoms with Crippen molar-refractivity contribution in [3.63, 3.8) is 0 Å². The van der Waals surface area contributed by atoms with Gasteiger partial charge in [-0.2, -0.15) is 0 Å². The fraction of sp³-hybridized carbons (Fsp3) is 0.100. The van der Waals surface area contributed by atoms with Crippen LogP contribution in [0, 0.1) is 0 Å². The van der Waals surface area contributed by atoms with E-state index in [1.807, 2.05) is 6.07 Å². The Kier molecular flexibility index (Phi) is 2.76. The predicted octanol–water partition coefficient (Wildman–Crippen LogP) is 0.483. The molecule has 1 aromatic carbocycles. The average molecular weight is 220 g/mol. The van der Waals surface area contributed by atoms with Crippen LogP contribution < -0.4 is 5.84 Å². The molecule has 6 heteroatoms. The van der Waals surface area contributed by atoms with Crippen molar-refractivity contribution < 1.29 is 9.63 Å². The van der Waals surface area contributed by atoms with Gasteiger partial charge in [0.25, 0.3) is 0 Å². The number of rotatable bonds is 2. The van der Waals surface area contributed by atoms with E-state index in [1.165, 1.54) is 5.23 Å². The second kappa shape index (κ2) is 4.21. The summed E-state index contributed by atoms with van der Waals surface area (Å²) < 4.78 is 0. The minimum absolute atomic E-state index is 0.462. The number of nitrogens with zero attached hydrogens (tertiary/aromatic N) is 3. The molecule has 0 unspecified atom stereocenters. The number of carbonyl (C=O) groups is 1. The summed E-state index contributed by atoms with van der Waals surface area (Å²) in [6, 6.07) is 8.71. The molecule has 0 amide bonds. The van der Waals surface area contributed by atoms with Crippen molar-refractivity contribution in [2.75, 3.05) is 7.05 Å². The summed E-state index contributed by atoms with van der Waals surface area (Å²) >= 11 is 0. The van der Waals surface area contributed by atoms with Gasteiger partial charge >= 0.3 is 5.97 Å². The molecule has 6 nitrogen and oxygen atoms in total. The molecule has 0 aromatic heterocycles. The van der Waals surface area contributed by atoms with Crippen molar-refractivity contribution >= 4 is 5.97 Å². The molecule has 1 heterocycles. The van der Waals surface area contributed by atoms with E-state index in [0.717, 1.165) is 5.17 Å². The highest BCUT2D eigenvalue weighted by Crippen LogP contribution is 2.10. The normalized spacial score (nSPS) is 15.6. The van der Waals surface area contributed by atoms with Crippen molar-refractivity contribution in [3.8, 4) is 0 Å². The second-order valence-corrected chi connectivity index (χ2v) is 3.24. The minimum Gasteiger partial charge on any atom is -0.317 e. The lowest BCUT2D eigenvalue weighted by molar-refractivity contribution is -0.258. The van der Waals surface area contributed by atoms with Gasteiger partial charge in [-0.25, -0.2) is 10.6 Å². The summed E-state index contributed by atoms with van der Waals surface area (Å²) in [7, 11) is 1.73. The lowest BCUT2D eigenvalue weighted by Crippen LogP contribution is -2.48. The van der Waals surface area contributed by atoms with Crippen molar-refractivity contribution in [1.82, 2.24) is 15.4 Å². The van der Waals surface area contributed by atoms with E-state index in [0.29, 0.717) is 5.56 Å². The maximum atomic E-state index is 11.7. The van der Waals surface area contributed by atoms with E-state index in [2.05, 4.69) is 0 Å². The Morgan fingerprint density at radius 2 is 1.94 bits per heavy atom. The molecular formula is C10H12N4O2. The summed E-state index contributed by atoms with van der Waals surface area (Å²) in [4.78, 5) is 16.7. The number of benzene rings is 1. The van der Waals surface area contributed by atoms with E-state index >= 15 is 0 Å². The predicted molar refractivity (Wildman–Crippen MR) is 56.6 cm³/mol. The fourth-order valence-corrected chi connectivity index (χ4v) is 1.21. The quantitative estimate of drug-likeness (QED) is 0.731. The van der Waals surface area contributed by atoms with E-state index in [-0.39, 0.29) is 0 Å². The monoisotopic (exact) mass is 220 g/mol. The van der Waals surface area contributed by atoms with Gasteiger partial charge in [-0.15, -0.1) is 5.17 Å². The van der Waals surface area contributed by atoms with E-state index < -0.39 is 5.97 Å². The Bertz CT molecular complexity index is 407. The summed E-state index contributed by atoms with van der Waals surface area (Å²) in [5.41, 5.74) is 0.471. The van der Waals surface area contributed by atoms with Crippen molar-refractivity contribution in [3.05, 3.63) is 48.3 Å². The lowest BCUT2D eigenvalue weighted by Gasteiger charge is -2.26. The van der Waals surface area contributed by atoms with Gasteiger partial charge in [0.05, 0.1) is 11.8 Å². The zero-order valence-corrected chi connectivity index (χ0v) is 8.78. The Morgan fingerprint density at radius 3 is 2.50 bits per heavy atom. The second-order valence-electron chi connectivity index (χ2n) is 3.24. The zero-order valence-electron chi connectivity index (χ0n) is 8.78. The van der Waals surface area contributed by atoms with Crippen LogP contribution in [0.2, 0.25) is 0 Å². The van der Waals surface area contributed by atoms with Crippen molar-refractivity contribution in [1.29, 1.82) is 0 Å². The highest BCUT2D eigenvalue weighted by atomic mass is 16.8. The first-order valence-corrected chi connectivity index (χ1v) is 4.71. The Balaban J connectivity index is 2.01. The number of hydroxylamine groups is 1. The van der Waals surface area contributed by atoms with Gasteiger partial charge in [0, 0.05) is 13.2 Å². The van der Waals surface area contributed by atoms with E-state index in [4.69, 9.17) is 10.7 Å². The third-order valence-corrected chi connectivity index (χ3v) is 2.12. The summed E-state index contributed by atoms with van der Waals surface area (Å²) in [6.07, 6.45) is 3.21. The maximum absolute atomic E-state index is 11.7. The van der Waals surface area contributed by atoms with Crippen LogP contribution >= 0.6 is 0 Å². The molecule has 16 heavy (non-hydrogen) atoms. The molecule has 0 aliphatic carbocycles. The third-order valence-electron chi connectivity index (χ3n) is 2.12. The van der Waals surface area contributed by atoms with Crippen LogP contribution in [0.15, 0.2) is 42.7 Å². The van der Waals surface area contributed by atoms with Gasteiger partial charge in [0.2, 0.25) is 0 Å². The van der Waals surface area contributed by atoms with Gasteiger partial charge in [0.1, 0.15) is 0 Å². The molecule has 0 radical (unpaired) electrons. The van der Waals surface area contributed by atoms with Crippen LogP contribution in [-0.4, -0.2) is 28.4 Å². The maximum Gasteiger partial charge on any atom is 0.365 e. The number of nitrogens with two attached hydrogens (primary N) is 1. The Hall–Kier alpha value is -2.05. The molecule has 1 aliphatic rings. The van der Waals surface area contributed by atoms with Gasteiger partial charge < -0.3 is 4.84 Å². The van der Waals surface area contributed by atoms with Crippen LogP contribution in [0.1, 0.15) is 10.4 Å². The van der Waals surface area contributed by atoms with E-state index in [9.17, 15) is 4.79 Å². The third kappa shape index (κ3) is 1.97. The fourth-order valence-electron chi connectivity index (χ4n) is 1.21. The molecule has 1 aromatic rings. The van der Waals surface area contributed by atoms with Crippen LogP contribution in [0.4, 0.5) is 0 Å². The SMILES string of the molecule is CN1C=CN(OC(=O)c2ccccc2)N1N. The molecule has 0 saturated carbocycles. The summed E-state index contributed by atoms with van der Waals surface area (Å²) in [6.45, 7) is 0. The summed E-state index contributed by atoms with van der Waals surface area (Å²) in [5, 5.41) is 3.88. The molecule has 0 bridgehead atoms. The Labute approximate surface area is 93.0 Å². The molecular weight excluding hydrogens is 208 g/mol. The molecule has 0 spiro atoms. The average Bonchev–Trinajstić information content (AvgIpc) is 2.62. The molecule has 0 saturated heterocycles. The van der Waals surface area contributed by atoms with Crippen molar-refractivity contribution in [2.24, 2.45) is 5.84 Å². The summed E-state index contributed by atoms with van der Waals surface area (Å²) in [5.74, 6) is 5.13. The van der Waals surface area contributed by atoms with Crippen molar-refractivity contribution in [2.45, 2.75) is 0 Å². The van der Waals surface area contributed by atoms with Crippen LogP contribution in [0.25, 0.3) is 0 Å². The molecule has 1 aliphatic heterocycles. The van der Waals surface area contributed by atoms with E-state index in [1.54, 1.807) is 48.7 Å². The first-order chi connectivity index (χ1) is 7.68. The number of carbonyl (C=O) groups excluding carboxylic acids is 1. The lowest BCUT2D eigenvalue weighted by atomic mass is 10.2. The number of hydrogen-bond acceptors (Lipinski definition) is 6. The number of hydrazine groups is 3. The van der Waals surface area contributed by atoms with Crippen LogP contribution in [0.3, 0.4) is 0 Å². The van der Waals surface area contributed by atoms with Gasteiger partial charge in [-0.05, 0) is 17.4 Å². The largest absolute Gasteiger partial charge is 0.365 e. The molecule has 2 rings (SSSR count). The molecule has 0 atom stereocenters. The van der Waals surface area contributed by atoms with Gasteiger partial charge in [0.15, 0.2) is 0 Å². The van der Waals surface area contributed by atoms with Gasteiger partial charge in [-0.1, -0.05) is 18.2 Å². The zero-order chi connectivity index (χ0) is 11.5. The topological polar surface area (TPSA) is 62.0 Å². The number of hydrogen-bond donors (Lipinski definition) is 1. The first kappa shape index (κ1) is 10.5. The molecule has 2 N–H and O–H groups in total. The smallest absolute Gasteiger partial charge is 0.317 e.